The maximum Gasteiger partial charge on any atom is 0.235 e. The summed E-state index contributed by atoms with van der Waals surface area (Å²) in [5.41, 5.74) is 2.19. The van der Waals surface area contributed by atoms with E-state index in [4.69, 9.17) is 5.26 Å². The van der Waals surface area contributed by atoms with Gasteiger partial charge < -0.3 is 10.6 Å². The number of fused-ring (bicyclic) bond motifs is 1. The van der Waals surface area contributed by atoms with Crippen molar-refractivity contribution in [3.63, 3.8) is 0 Å². The van der Waals surface area contributed by atoms with Gasteiger partial charge >= 0.3 is 0 Å². The first-order valence-corrected chi connectivity index (χ1v) is 10.6. The molecule has 0 aliphatic rings. The number of rotatable bonds is 6. The molecule has 0 aliphatic carbocycles. The molecule has 29 heavy (non-hydrogen) atoms. The smallest absolute Gasteiger partial charge is 0.235 e. The molecule has 0 spiro atoms. The molecule has 1 amide bonds. The van der Waals surface area contributed by atoms with Gasteiger partial charge in [-0.05, 0) is 35.7 Å². The molecule has 2 heterocycles. The van der Waals surface area contributed by atoms with Crippen molar-refractivity contribution in [2.24, 2.45) is 0 Å². The minimum absolute atomic E-state index is 0.145. The Morgan fingerprint density at radius 2 is 1.86 bits per heavy atom. The number of thiophene rings is 1. The van der Waals surface area contributed by atoms with E-state index in [1.54, 1.807) is 11.4 Å². The number of hydrogen-bond donors (Lipinski definition) is 2. The van der Waals surface area contributed by atoms with Crippen molar-refractivity contribution >= 4 is 56.4 Å². The number of nitriles is 1. The number of nitrogens with one attached hydrogen (secondary N) is 2. The lowest BCUT2D eigenvalue weighted by molar-refractivity contribution is -0.113. The predicted octanol–water partition coefficient (Wildman–Crippen LogP) is 5.04. The number of aromatic nitrogens is 2. The molecule has 0 atom stereocenters. The van der Waals surface area contributed by atoms with Crippen LogP contribution in [0.25, 0.3) is 10.9 Å². The monoisotopic (exact) mass is 417 g/mol. The Hall–Kier alpha value is -3.41. The summed E-state index contributed by atoms with van der Waals surface area (Å²) in [6.45, 7) is 0. The Morgan fingerprint density at radius 1 is 1.07 bits per heavy atom. The molecule has 4 rings (SSSR count). The van der Waals surface area contributed by atoms with E-state index >= 15 is 0 Å². The van der Waals surface area contributed by atoms with Crippen molar-refractivity contribution in [1.29, 1.82) is 5.26 Å². The highest BCUT2D eigenvalue weighted by atomic mass is 32.2. The van der Waals surface area contributed by atoms with E-state index in [1.165, 1.54) is 23.1 Å². The zero-order chi connectivity index (χ0) is 20.1. The van der Waals surface area contributed by atoms with E-state index < -0.39 is 0 Å². The molecule has 0 fully saturated rings. The number of anilines is 3. The van der Waals surface area contributed by atoms with Crippen LogP contribution in [0.3, 0.4) is 0 Å². The lowest BCUT2D eigenvalue weighted by Crippen LogP contribution is -2.14. The average molecular weight is 418 g/mol. The van der Waals surface area contributed by atoms with Crippen LogP contribution in [-0.4, -0.2) is 21.6 Å². The molecule has 6 nitrogen and oxygen atoms in total. The SMILES string of the molecule is N#Cc1ccsc1NC(=O)CSc1nc(Nc2ccccc2)c2ccccc2n1. The van der Waals surface area contributed by atoms with E-state index in [0.717, 1.165) is 16.6 Å². The quantitative estimate of drug-likeness (QED) is 0.337. The molecule has 8 heteroatoms. The molecular formula is C21H15N5OS2. The van der Waals surface area contributed by atoms with Crippen molar-refractivity contribution in [2.75, 3.05) is 16.4 Å². The molecule has 0 unspecified atom stereocenters. The number of nitrogens with zero attached hydrogens (tertiary/aromatic N) is 3. The van der Waals surface area contributed by atoms with Gasteiger partial charge in [0.15, 0.2) is 5.16 Å². The standard InChI is InChI=1S/C21H15N5OS2/c22-12-14-10-11-28-20(14)25-18(27)13-29-21-24-17-9-5-4-8-16(17)19(26-21)23-15-6-2-1-3-7-15/h1-11H,13H2,(H,25,27)(H,23,24,26). The number of hydrogen-bond acceptors (Lipinski definition) is 7. The Kier molecular flexibility index (Phi) is 5.70. The van der Waals surface area contributed by atoms with E-state index in [1.807, 2.05) is 54.6 Å². The first-order valence-electron chi connectivity index (χ1n) is 8.72. The minimum Gasteiger partial charge on any atom is -0.340 e. The first kappa shape index (κ1) is 18.9. The lowest BCUT2D eigenvalue weighted by Gasteiger charge is -2.10. The van der Waals surface area contributed by atoms with Gasteiger partial charge in [-0.15, -0.1) is 11.3 Å². The largest absolute Gasteiger partial charge is 0.340 e. The minimum atomic E-state index is -0.205. The summed E-state index contributed by atoms with van der Waals surface area (Å²) in [6, 6.07) is 21.3. The highest BCUT2D eigenvalue weighted by molar-refractivity contribution is 7.99. The Bertz CT molecular complexity index is 1200. The van der Waals surface area contributed by atoms with Crippen LogP contribution in [0.5, 0.6) is 0 Å². The average Bonchev–Trinajstić information content (AvgIpc) is 3.20. The third-order valence-electron chi connectivity index (χ3n) is 3.99. The molecule has 142 valence electrons. The summed E-state index contributed by atoms with van der Waals surface area (Å²) in [6.07, 6.45) is 0. The van der Waals surface area contributed by atoms with Crippen molar-refractivity contribution in [2.45, 2.75) is 5.16 Å². The first-order chi connectivity index (χ1) is 14.2. The lowest BCUT2D eigenvalue weighted by atomic mass is 10.2. The topological polar surface area (TPSA) is 90.7 Å². The van der Waals surface area contributed by atoms with Crippen LogP contribution in [-0.2, 0) is 4.79 Å². The van der Waals surface area contributed by atoms with Gasteiger partial charge in [-0.2, -0.15) is 5.26 Å². The van der Waals surface area contributed by atoms with Crippen molar-refractivity contribution < 1.29 is 4.79 Å². The van der Waals surface area contributed by atoms with E-state index in [-0.39, 0.29) is 11.7 Å². The Labute approximate surface area is 175 Å². The molecule has 2 aromatic carbocycles. The van der Waals surface area contributed by atoms with Gasteiger partial charge in [0, 0.05) is 11.1 Å². The maximum atomic E-state index is 12.3. The number of carbonyl (C=O) groups excluding carboxylic acids is 1. The molecule has 0 radical (unpaired) electrons. The maximum absolute atomic E-state index is 12.3. The fraction of sp³-hybridized carbons (Fsp3) is 0.0476. The van der Waals surface area contributed by atoms with Crippen LogP contribution < -0.4 is 10.6 Å². The summed E-state index contributed by atoms with van der Waals surface area (Å²) in [5.74, 6) is 0.629. The number of thioether (sulfide) groups is 1. The third kappa shape index (κ3) is 4.54. The molecule has 2 N–H and O–H groups in total. The van der Waals surface area contributed by atoms with Gasteiger partial charge in [-0.1, -0.05) is 42.1 Å². The summed E-state index contributed by atoms with van der Waals surface area (Å²) in [4.78, 5) is 21.5. The second-order valence-corrected chi connectivity index (χ2v) is 7.83. The van der Waals surface area contributed by atoms with Crippen molar-refractivity contribution in [3.8, 4) is 6.07 Å². The fourth-order valence-electron chi connectivity index (χ4n) is 2.66. The number of amides is 1. The van der Waals surface area contributed by atoms with Gasteiger partial charge in [0.1, 0.15) is 16.9 Å². The Balaban J connectivity index is 1.53. The van der Waals surface area contributed by atoms with Gasteiger partial charge in [0.05, 0.1) is 16.8 Å². The van der Waals surface area contributed by atoms with Crippen LogP contribution in [0.1, 0.15) is 5.56 Å². The van der Waals surface area contributed by atoms with Crippen LogP contribution >= 0.6 is 23.1 Å². The molecule has 0 bridgehead atoms. The number of carbonyl (C=O) groups is 1. The zero-order valence-electron chi connectivity index (χ0n) is 15.1. The van der Waals surface area contributed by atoms with Crippen LogP contribution in [0.4, 0.5) is 16.5 Å². The summed E-state index contributed by atoms with van der Waals surface area (Å²) in [5, 5.41) is 18.9. The normalized spacial score (nSPS) is 10.4. The number of para-hydroxylation sites is 2. The predicted molar refractivity (Wildman–Crippen MR) is 118 cm³/mol. The summed E-state index contributed by atoms with van der Waals surface area (Å²) < 4.78 is 0. The fourth-order valence-corrected chi connectivity index (χ4v) is 4.06. The van der Waals surface area contributed by atoms with E-state index in [0.29, 0.717) is 21.5 Å². The highest BCUT2D eigenvalue weighted by Crippen LogP contribution is 2.27. The number of benzene rings is 2. The summed E-state index contributed by atoms with van der Waals surface area (Å²) >= 11 is 2.58. The van der Waals surface area contributed by atoms with Crippen LogP contribution in [0.2, 0.25) is 0 Å². The second kappa shape index (κ2) is 8.73. The van der Waals surface area contributed by atoms with Crippen LogP contribution in [0, 0.1) is 11.3 Å². The highest BCUT2D eigenvalue weighted by Gasteiger charge is 2.12. The van der Waals surface area contributed by atoms with Gasteiger partial charge in [-0.25, -0.2) is 9.97 Å². The molecule has 2 aromatic heterocycles. The second-order valence-electron chi connectivity index (χ2n) is 5.98. The molecule has 4 aromatic rings. The molecule has 0 aliphatic heterocycles. The molecular weight excluding hydrogens is 402 g/mol. The van der Waals surface area contributed by atoms with E-state index in [9.17, 15) is 4.79 Å². The zero-order valence-corrected chi connectivity index (χ0v) is 16.8. The summed E-state index contributed by atoms with van der Waals surface area (Å²) in [7, 11) is 0. The van der Waals surface area contributed by atoms with Crippen LogP contribution in [0.15, 0.2) is 71.2 Å². The Morgan fingerprint density at radius 3 is 2.69 bits per heavy atom. The molecule has 0 saturated carbocycles. The molecule has 0 saturated heterocycles. The van der Waals surface area contributed by atoms with Gasteiger partial charge in [-0.3, -0.25) is 4.79 Å². The van der Waals surface area contributed by atoms with Crippen molar-refractivity contribution in [3.05, 3.63) is 71.6 Å². The van der Waals surface area contributed by atoms with Gasteiger partial charge in [0.25, 0.3) is 0 Å². The van der Waals surface area contributed by atoms with Gasteiger partial charge in [0.2, 0.25) is 5.91 Å². The van der Waals surface area contributed by atoms with E-state index in [2.05, 4.69) is 26.7 Å². The third-order valence-corrected chi connectivity index (χ3v) is 5.67. The van der Waals surface area contributed by atoms with Crippen molar-refractivity contribution in [1.82, 2.24) is 9.97 Å².